The van der Waals surface area contributed by atoms with Gasteiger partial charge in [-0.2, -0.15) is 0 Å². The fourth-order valence-electron chi connectivity index (χ4n) is 5.86. The van der Waals surface area contributed by atoms with Crippen LogP contribution in [0.1, 0.15) is 41.1 Å². The molecule has 0 atom stereocenters. The second-order valence-corrected chi connectivity index (χ2v) is 10.5. The van der Waals surface area contributed by atoms with Gasteiger partial charge in [-0.3, -0.25) is 0 Å². The summed E-state index contributed by atoms with van der Waals surface area (Å²) in [4.78, 5) is 0. The van der Waals surface area contributed by atoms with E-state index in [1.165, 1.54) is 0 Å². The number of hydrogen-bond acceptors (Lipinski definition) is 1. The summed E-state index contributed by atoms with van der Waals surface area (Å²) in [5.74, 6) is 0. The molecule has 49 heavy (non-hydrogen) atoms. The van der Waals surface area contributed by atoms with Gasteiger partial charge in [0.25, 0.3) is 0 Å². The fraction of sp³-hybridized carbons (Fsp3) is 0. The SMILES string of the molecule is [2H]c1c([2H])c([2H])c(-c2c([2H])c([2H])c(-c3c4c([2H])c([2H])c([2H])c([2H])c4c(-c4c([2H])c([2H])c5oc6c([2H])c([2H])c7c([2H])c([2H])c([2H])c([2H])c7c6c5c4[2H])c4c([2H])c([2H])c([2H])c([2H])c34)c([2H])c2-c2c([2H])c([2H])c([2H])c([2H])c2[2H])c([2H])c1[2H]. The molecule has 0 amide bonds. The van der Waals surface area contributed by atoms with Crippen LogP contribution in [0, 0.1) is 0 Å². The summed E-state index contributed by atoms with van der Waals surface area (Å²) in [6.45, 7) is 0. The number of fused-ring (bicyclic) bond motifs is 7. The molecule has 0 N–H and O–H groups in total. The average molecular weight is 653 g/mol. The van der Waals surface area contributed by atoms with Crippen molar-refractivity contribution in [2.24, 2.45) is 0 Å². The molecule has 1 heteroatoms. The van der Waals surface area contributed by atoms with Crippen molar-refractivity contribution in [3.63, 3.8) is 0 Å². The summed E-state index contributed by atoms with van der Waals surface area (Å²) in [5.41, 5.74) is -8.42. The third-order valence-corrected chi connectivity index (χ3v) is 7.89. The Bertz CT molecular complexity index is 4460. The molecule has 1 heterocycles. The standard InChI is InChI=1S/C48H30O/c1-3-13-31(14-4-1)36-26-23-34(29-42(36)32-15-5-2-6-16-32)46-38-19-9-11-21-40(38)47(41-22-12-10-20-39(41)46)35-25-27-44-43(30-35)48-37-18-8-7-17-33(37)24-28-45(48)49-44/h1-30H/i1D,2D,3D,4D,5D,6D,7D,8D,9D,10D,11D,12D,13D,14D,15D,16D,17D,18D,19D,20D,21D,22D,23D,24D,25D,26D,27D,28D,29D,30D. The minimum atomic E-state index is -1.20. The molecule has 0 saturated heterocycles. The Balaban J connectivity index is 1.53. The third-order valence-electron chi connectivity index (χ3n) is 7.89. The van der Waals surface area contributed by atoms with Crippen molar-refractivity contribution in [1.29, 1.82) is 0 Å². The van der Waals surface area contributed by atoms with Gasteiger partial charge in [0.2, 0.25) is 0 Å². The normalized spacial score (nSPS) is 20.2. The van der Waals surface area contributed by atoms with Gasteiger partial charge in [0.15, 0.2) is 0 Å². The first-order chi connectivity index (χ1) is 36.8. The monoisotopic (exact) mass is 652 g/mol. The molecular formula is C48H30O. The summed E-state index contributed by atoms with van der Waals surface area (Å²) in [5, 5.41) is -5.31. The molecule has 1 aromatic heterocycles. The Kier molecular flexibility index (Phi) is 2.50. The van der Waals surface area contributed by atoms with Crippen LogP contribution in [0.3, 0.4) is 0 Å². The molecule has 0 fully saturated rings. The number of rotatable bonds is 4. The van der Waals surface area contributed by atoms with Crippen molar-refractivity contribution in [2.75, 3.05) is 0 Å². The van der Waals surface area contributed by atoms with Crippen LogP contribution in [0.5, 0.6) is 0 Å². The van der Waals surface area contributed by atoms with Gasteiger partial charge in [-0.25, -0.2) is 0 Å². The van der Waals surface area contributed by atoms with Gasteiger partial charge < -0.3 is 4.42 Å². The Morgan fingerprint density at radius 1 is 0.327 bits per heavy atom. The highest BCUT2D eigenvalue weighted by Crippen LogP contribution is 2.46. The maximum atomic E-state index is 10.1. The average Bonchev–Trinajstić information content (AvgIpc) is 4.08. The van der Waals surface area contributed by atoms with E-state index in [0.29, 0.717) is 0 Å². The van der Waals surface area contributed by atoms with Gasteiger partial charge >= 0.3 is 0 Å². The molecule has 0 unspecified atom stereocenters. The lowest BCUT2D eigenvalue weighted by molar-refractivity contribution is 0.669. The first kappa shape index (κ1) is 11.1. The molecular weight excluding hydrogens is 593 g/mol. The smallest absolute Gasteiger partial charge is 0.136 e. The molecule has 0 bridgehead atoms. The van der Waals surface area contributed by atoms with E-state index in [9.17, 15) is 13.7 Å². The first-order valence-corrected chi connectivity index (χ1v) is 14.4. The summed E-state index contributed by atoms with van der Waals surface area (Å²) in [6, 6.07) is -29.9. The highest BCUT2D eigenvalue weighted by molar-refractivity contribution is 6.24. The van der Waals surface area contributed by atoms with Crippen molar-refractivity contribution < 1.29 is 45.5 Å². The van der Waals surface area contributed by atoms with E-state index in [0.717, 1.165) is 0 Å². The lowest BCUT2D eigenvalue weighted by Crippen LogP contribution is -1.92. The quantitative estimate of drug-likeness (QED) is 0.172. The van der Waals surface area contributed by atoms with Gasteiger partial charge in [0.05, 0.1) is 41.1 Å². The van der Waals surface area contributed by atoms with E-state index in [-0.39, 0.29) is 0 Å². The van der Waals surface area contributed by atoms with Crippen LogP contribution in [-0.2, 0) is 0 Å². The molecule has 0 radical (unpaired) electrons. The van der Waals surface area contributed by atoms with Gasteiger partial charge in [-0.15, -0.1) is 0 Å². The van der Waals surface area contributed by atoms with Crippen LogP contribution in [-0.4, -0.2) is 0 Å². The Morgan fingerprint density at radius 2 is 0.816 bits per heavy atom. The number of benzene rings is 9. The number of furan rings is 1. The van der Waals surface area contributed by atoms with E-state index >= 15 is 0 Å². The second-order valence-electron chi connectivity index (χ2n) is 10.5. The molecule has 9 aromatic carbocycles. The summed E-state index contributed by atoms with van der Waals surface area (Å²) < 4.78 is 277. The predicted octanol–water partition coefficient (Wildman–Crippen LogP) is 13.7. The molecule has 0 aliphatic heterocycles. The molecule has 0 spiro atoms. The minimum absolute atomic E-state index is 0.438. The zero-order chi connectivity index (χ0) is 58.4. The van der Waals surface area contributed by atoms with E-state index in [1.807, 2.05) is 0 Å². The Morgan fingerprint density at radius 3 is 1.45 bits per heavy atom. The summed E-state index contributed by atoms with van der Waals surface area (Å²) in [7, 11) is 0. The van der Waals surface area contributed by atoms with Crippen molar-refractivity contribution >= 4 is 54.3 Å². The van der Waals surface area contributed by atoms with E-state index < -0.39 is 280 Å². The molecule has 10 aromatic rings. The van der Waals surface area contributed by atoms with Crippen LogP contribution in [0.4, 0.5) is 0 Å². The Labute approximate surface area is 326 Å². The lowest BCUT2D eigenvalue weighted by atomic mass is 9.84. The molecule has 1 nitrogen and oxygen atoms in total. The summed E-state index contributed by atoms with van der Waals surface area (Å²) in [6.07, 6.45) is 0. The van der Waals surface area contributed by atoms with Gasteiger partial charge in [0, 0.05) is 10.8 Å². The summed E-state index contributed by atoms with van der Waals surface area (Å²) >= 11 is 0. The van der Waals surface area contributed by atoms with Gasteiger partial charge in [-0.05, 0) is 101 Å². The van der Waals surface area contributed by atoms with Crippen LogP contribution in [0.2, 0.25) is 0 Å². The fourth-order valence-corrected chi connectivity index (χ4v) is 5.86. The molecule has 228 valence electrons. The lowest BCUT2D eigenvalue weighted by Gasteiger charge is -2.19. The van der Waals surface area contributed by atoms with Crippen molar-refractivity contribution in [3.05, 3.63) is 181 Å². The highest BCUT2D eigenvalue weighted by atomic mass is 16.3. The molecule has 0 saturated carbocycles. The van der Waals surface area contributed by atoms with E-state index in [1.54, 1.807) is 0 Å². The van der Waals surface area contributed by atoms with Crippen LogP contribution in [0.25, 0.3) is 98.8 Å². The topological polar surface area (TPSA) is 13.1 Å². The van der Waals surface area contributed by atoms with E-state index in [4.69, 9.17) is 31.8 Å². The van der Waals surface area contributed by atoms with Crippen LogP contribution < -0.4 is 0 Å². The van der Waals surface area contributed by atoms with Crippen LogP contribution >= 0.6 is 0 Å². The highest BCUT2D eigenvalue weighted by Gasteiger charge is 2.19. The number of hydrogen-bond donors (Lipinski definition) is 0. The zero-order valence-electron chi connectivity index (χ0n) is 54.4. The molecule has 0 aliphatic carbocycles. The predicted molar refractivity (Wildman–Crippen MR) is 208 cm³/mol. The maximum absolute atomic E-state index is 10.1. The van der Waals surface area contributed by atoms with Gasteiger partial charge in [0.1, 0.15) is 11.2 Å². The Hall–Kier alpha value is -6.44. The third kappa shape index (κ3) is 4.40. The first-order valence-electron chi connectivity index (χ1n) is 29.4. The maximum Gasteiger partial charge on any atom is 0.136 e. The van der Waals surface area contributed by atoms with Crippen molar-refractivity contribution in [1.82, 2.24) is 0 Å². The molecule has 10 rings (SSSR count). The molecule has 0 aliphatic rings. The van der Waals surface area contributed by atoms with Crippen molar-refractivity contribution in [2.45, 2.75) is 0 Å². The largest absolute Gasteiger partial charge is 0.456 e. The zero-order valence-corrected chi connectivity index (χ0v) is 24.4. The van der Waals surface area contributed by atoms with Crippen LogP contribution in [0.15, 0.2) is 186 Å². The van der Waals surface area contributed by atoms with E-state index in [2.05, 4.69) is 0 Å². The second kappa shape index (κ2) is 11.1. The van der Waals surface area contributed by atoms with Crippen molar-refractivity contribution in [3.8, 4) is 44.5 Å². The van der Waals surface area contributed by atoms with Gasteiger partial charge in [-0.1, -0.05) is 157 Å². The minimum Gasteiger partial charge on any atom is -0.456 e.